The molecule has 0 radical (unpaired) electrons. The number of piperidine rings is 1. The van der Waals surface area contributed by atoms with E-state index in [9.17, 15) is 0 Å². The fourth-order valence-electron chi connectivity index (χ4n) is 3.15. The van der Waals surface area contributed by atoms with Crippen molar-refractivity contribution in [1.29, 1.82) is 0 Å². The molecule has 2 rings (SSSR count). The van der Waals surface area contributed by atoms with Gasteiger partial charge in [0.25, 0.3) is 0 Å². The van der Waals surface area contributed by atoms with E-state index < -0.39 is 0 Å². The molecule has 0 aromatic heterocycles. The number of likely N-dealkylation sites (tertiary alicyclic amines) is 1. The lowest BCUT2D eigenvalue weighted by atomic mass is 9.95. The van der Waals surface area contributed by atoms with Gasteiger partial charge in [-0.2, -0.15) is 0 Å². The van der Waals surface area contributed by atoms with Crippen LogP contribution in [0.3, 0.4) is 0 Å². The summed E-state index contributed by atoms with van der Waals surface area (Å²) in [5, 5.41) is 3.50. The second-order valence-corrected chi connectivity index (χ2v) is 6.99. The van der Waals surface area contributed by atoms with E-state index in [0.29, 0.717) is 0 Å². The molecule has 2 heteroatoms. The zero-order valence-corrected chi connectivity index (χ0v) is 14.1. The van der Waals surface area contributed by atoms with Gasteiger partial charge in [-0.15, -0.1) is 0 Å². The SMILES string of the molecule is CCC1CCCN(Cc2ccc(CNCC(C)C)cc2)C1. The molecule has 1 fully saturated rings. The first-order valence-corrected chi connectivity index (χ1v) is 8.68. The summed E-state index contributed by atoms with van der Waals surface area (Å²) < 4.78 is 0. The van der Waals surface area contributed by atoms with E-state index in [-0.39, 0.29) is 0 Å². The van der Waals surface area contributed by atoms with Crippen LogP contribution in [-0.2, 0) is 13.1 Å². The Bertz CT molecular complexity index is 397. The monoisotopic (exact) mass is 288 g/mol. The van der Waals surface area contributed by atoms with Crippen molar-refractivity contribution in [2.75, 3.05) is 19.6 Å². The molecule has 0 bridgehead atoms. The molecule has 1 aliphatic heterocycles. The molecule has 1 aromatic rings. The fraction of sp³-hybridized carbons (Fsp3) is 0.684. The van der Waals surface area contributed by atoms with Crippen LogP contribution in [0.1, 0.15) is 51.2 Å². The van der Waals surface area contributed by atoms with Gasteiger partial charge < -0.3 is 5.32 Å². The normalized spacial score (nSPS) is 20.1. The smallest absolute Gasteiger partial charge is 0.0233 e. The van der Waals surface area contributed by atoms with Gasteiger partial charge >= 0.3 is 0 Å². The lowest BCUT2D eigenvalue weighted by Gasteiger charge is -2.32. The molecule has 0 spiro atoms. The Morgan fingerprint density at radius 3 is 2.57 bits per heavy atom. The van der Waals surface area contributed by atoms with Crippen molar-refractivity contribution >= 4 is 0 Å². The summed E-state index contributed by atoms with van der Waals surface area (Å²) in [4.78, 5) is 2.63. The second-order valence-electron chi connectivity index (χ2n) is 6.99. The van der Waals surface area contributed by atoms with E-state index in [4.69, 9.17) is 0 Å². The quantitative estimate of drug-likeness (QED) is 0.814. The first-order chi connectivity index (χ1) is 10.2. The van der Waals surface area contributed by atoms with E-state index in [0.717, 1.165) is 31.5 Å². The minimum atomic E-state index is 0.717. The number of nitrogens with one attached hydrogen (secondary N) is 1. The number of nitrogens with zero attached hydrogens (tertiary/aromatic N) is 1. The maximum Gasteiger partial charge on any atom is 0.0233 e. The molecule has 1 heterocycles. The number of benzene rings is 1. The molecule has 2 nitrogen and oxygen atoms in total. The van der Waals surface area contributed by atoms with Crippen molar-refractivity contribution < 1.29 is 0 Å². The molecule has 1 aromatic carbocycles. The van der Waals surface area contributed by atoms with Crippen molar-refractivity contribution in [3.63, 3.8) is 0 Å². The third-order valence-corrected chi connectivity index (χ3v) is 4.49. The summed E-state index contributed by atoms with van der Waals surface area (Å²) in [6.45, 7) is 12.6. The highest BCUT2D eigenvalue weighted by molar-refractivity contribution is 5.22. The zero-order chi connectivity index (χ0) is 15.1. The summed E-state index contributed by atoms with van der Waals surface area (Å²) in [5.74, 6) is 1.63. The van der Waals surface area contributed by atoms with Gasteiger partial charge in [-0.05, 0) is 48.9 Å². The van der Waals surface area contributed by atoms with Crippen molar-refractivity contribution in [2.24, 2.45) is 11.8 Å². The van der Waals surface area contributed by atoms with Crippen LogP contribution < -0.4 is 5.32 Å². The highest BCUT2D eigenvalue weighted by Gasteiger charge is 2.18. The molecule has 1 N–H and O–H groups in total. The number of hydrogen-bond acceptors (Lipinski definition) is 2. The van der Waals surface area contributed by atoms with Crippen LogP contribution in [0.4, 0.5) is 0 Å². The second kappa shape index (κ2) is 8.55. The van der Waals surface area contributed by atoms with Gasteiger partial charge in [0.1, 0.15) is 0 Å². The standard InChI is InChI=1S/C19H32N2/c1-4-17-6-5-11-21(14-17)15-19-9-7-18(8-10-19)13-20-12-16(2)3/h7-10,16-17,20H,4-6,11-15H2,1-3H3. The topological polar surface area (TPSA) is 15.3 Å². The molecular weight excluding hydrogens is 256 g/mol. The van der Waals surface area contributed by atoms with Crippen LogP contribution in [0.25, 0.3) is 0 Å². The van der Waals surface area contributed by atoms with E-state index >= 15 is 0 Å². The molecule has 1 unspecified atom stereocenters. The van der Waals surface area contributed by atoms with Crippen LogP contribution in [0.5, 0.6) is 0 Å². The van der Waals surface area contributed by atoms with Gasteiger partial charge in [0.15, 0.2) is 0 Å². The van der Waals surface area contributed by atoms with E-state index in [1.165, 1.54) is 43.5 Å². The molecule has 1 aliphatic rings. The minimum absolute atomic E-state index is 0.717. The Hall–Kier alpha value is -0.860. The Labute approximate surface area is 130 Å². The zero-order valence-electron chi connectivity index (χ0n) is 14.1. The minimum Gasteiger partial charge on any atom is -0.312 e. The van der Waals surface area contributed by atoms with Gasteiger partial charge in [0, 0.05) is 19.6 Å². The molecule has 1 saturated heterocycles. The summed E-state index contributed by atoms with van der Waals surface area (Å²) in [6, 6.07) is 9.18. The van der Waals surface area contributed by atoms with Gasteiger partial charge in [0.2, 0.25) is 0 Å². The average molecular weight is 288 g/mol. The molecule has 118 valence electrons. The lowest BCUT2D eigenvalue weighted by molar-refractivity contribution is 0.165. The van der Waals surface area contributed by atoms with Crippen LogP contribution in [0.2, 0.25) is 0 Å². The van der Waals surface area contributed by atoms with Crippen LogP contribution >= 0.6 is 0 Å². The van der Waals surface area contributed by atoms with Crippen LogP contribution in [-0.4, -0.2) is 24.5 Å². The van der Waals surface area contributed by atoms with Crippen molar-refractivity contribution in [3.8, 4) is 0 Å². The van der Waals surface area contributed by atoms with E-state index in [2.05, 4.69) is 55.3 Å². The molecule has 0 saturated carbocycles. The van der Waals surface area contributed by atoms with Gasteiger partial charge in [-0.3, -0.25) is 4.90 Å². The number of rotatable bonds is 7. The molecule has 21 heavy (non-hydrogen) atoms. The summed E-state index contributed by atoms with van der Waals surface area (Å²) in [6.07, 6.45) is 4.13. The van der Waals surface area contributed by atoms with Crippen LogP contribution in [0, 0.1) is 11.8 Å². The van der Waals surface area contributed by atoms with Gasteiger partial charge in [-0.25, -0.2) is 0 Å². The highest BCUT2D eigenvalue weighted by Crippen LogP contribution is 2.20. The van der Waals surface area contributed by atoms with Crippen LogP contribution in [0.15, 0.2) is 24.3 Å². The van der Waals surface area contributed by atoms with E-state index in [1.54, 1.807) is 0 Å². The Morgan fingerprint density at radius 1 is 1.19 bits per heavy atom. The maximum absolute atomic E-state index is 3.50. The van der Waals surface area contributed by atoms with Gasteiger partial charge in [0.05, 0.1) is 0 Å². The molecule has 0 aliphatic carbocycles. The first-order valence-electron chi connectivity index (χ1n) is 8.68. The first kappa shape index (κ1) is 16.5. The molecule has 1 atom stereocenters. The summed E-state index contributed by atoms with van der Waals surface area (Å²) in [5.41, 5.74) is 2.85. The summed E-state index contributed by atoms with van der Waals surface area (Å²) in [7, 11) is 0. The average Bonchev–Trinajstić information content (AvgIpc) is 2.49. The predicted octanol–water partition coefficient (Wildman–Crippen LogP) is 4.05. The lowest BCUT2D eigenvalue weighted by Crippen LogP contribution is -2.34. The third-order valence-electron chi connectivity index (χ3n) is 4.49. The Kier molecular flexibility index (Phi) is 6.72. The van der Waals surface area contributed by atoms with Crippen molar-refractivity contribution in [2.45, 2.75) is 53.1 Å². The highest BCUT2D eigenvalue weighted by atomic mass is 15.1. The van der Waals surface area contributed by atoms with Crippen molar-refractivity contribution in [1.82, 2.24) is 10.2 Å². The van der Waals surface area contributed by atoms with E-state index in [1.807, 2.05) is 0 Å². The Morgan fingerprint density at radius 2 is 1.90 bits per heavy atom. The van der Waals surface area contributed by atoms with Gasteiger partial charge in [-0.1, -0.05) is 51.5 Å². The molecule has 0 amide bonds. The summed E-state index contributed by atoms with van der Waals surface area (Å²) >= 11 is 0. The predicted molar refractivity (Wildman–Crippen MR) is 91.3 cm³/mol. The number of hydrogen-bond donors (Lipinski definition) is 1. The largest absolute Gasteiger partial charge is 0.312 e. The van der Waals surface area contributed by atoms with Crippen molar-refractivity contribution in [3.05, 3.63) is 35.4 Å². The third kappa shape index (κ3) is 5.80. The molecular formula is C19H32N2. The Balaban J connectivity index is 1.79. The fourth-order valence-corrected chi connectivity index (χ4v) is 3.15. The maximum atomic E-state index is 3.50.